The Kier molecular flexibility index (Phi) is 6.10. The largest absolute Gasteiger partial charge is 0.468 e. The molecule has 31 heavy (non-hydrogen) atoms. The zero-order valence-corrected chi connectivity index (χ0v) is 17.2. The van der Waals surface area contributed by atoms with Crippen LogP contribution in [-0.2, 0) is 26.1 Å². The highest BCUT2D eigenvalue weighted by molar-refractivity contribution is 5.90. The molecule has 0 amide bonds. The molecule has 2 heterocycles. The number of methoxy groups -OCH3 is 2. The topological polar surface area (TPSA) is 156 Å². The molecule has 1 atom stereocenters. The second kappa shape index (κ2) is 8.74. The van der Waals surface area contributed by atoms with Crippen LogP contribution in [0.3, 0.4) is 0 Å². The average molecular weight is 422 g/mol. The molecule has 1 aromatic carbocycles. The molecule has 2 aromatic heterocycles. The average Bonchev–Trinajstić information content (AvgIpc) is 2.78. The van der Waals surface area contributed by atoms with Gasteiger partial charge in [-0.25, -0.2) is 14.8 Å². The summed E-state index contributed by atoms with van der Waals surface area (Å²) in [6, 6.07) is 6.53. The van der Waals surface area contributed by atoms with Crippen molar-refractivity contribution in [3.05, 3.63) is 59.9 Å². The molecule has 0 spiro atoms. The maximum Gasteiger partial charge on any atom is 0.337 e. The zero-order valence-electron chi connectivity index (χ0n) is 17.2. The summed E-state index contributed by atoms with van der Waals surface area (Å²) in [6.07, 6.45) is 3.51. The molecule has 10 heteroatoms. The predicted molar refractivity (Wildman–Crippen MR) is 114 cm³/mol. The molecule has 0 aliphatic heterocycles. The number of nitrogen functional groups attached to an aromatic ring is 2. The second-order valence-electron chi connectivity index (χ2n) is 6.81. The van der Waals surface area contributed by atoms with Crippen LogP contribution in [0.2, 0.25) is 0 Å². The SMILES string of the molecule is C=CC[C@@](Cc1cnc2nc(N)nc(N)c2n1)(C(=O)OC)c1ccc(C(=O)OC)cc1. The van der Waals surface area contributed by atoms with Crippen LogP contribution in [0.4, 0.5) is 11.8 Å². The van der Waals surface area contributed by atoms with E-state index in [0.29, 0.717) is 16.8 Å². The molecule has 0 saturated heterocycles. The van der Waals surface area contributed by atoms with Crippen LogP contribution in [0, 0.1) is 0 Å². The first-order valence-corrected chi connectivity index (χ1v) is 9.27. The highest BCUT2D eigenvalue weighted by atomic mass is 16.5. The summed E-state index contributed by atoms with van der Waals surface area (Å²) in [5.74, 6) is -0.879. The van der Waals surface area contributed by atoms with E-state index in [0.717, 1.165) is 0 Å². The van der Waals surface area contributed by atoms with Crippen LogP contribution in [0.15, 0.2) is 43.1 Å². The summed E-state index contributed by atoms with van der Waals surface area (Å²) in [7, 11) is 2.61. The van der Waals surface area contributed by atoms with Crippen molar-refractivity contribution in [2.75, 3.05) is 25.7 Å². The van der Waals surface area contributed by atoms with Crippen molar-refractivity contribution >= 4 is 34.9 Å². The summed E-state index contributed by atoms with van der Waals surface area (Å²) in [4.78, 5) is 41.5. The number of allylic oxidation sites excluding steroid dienone is 1. The first kappa shape index (κ1) is 21.6. The number of fused-ring (bicyclic) bond motifs is 1. The summed E-state index contributed by atoms with van der Waals surface area (Å²) in [5, 5.41) is 0. The maximum atomic E-state index is 13.0. The molecule has 3 aromatic rings. The van der Waals surface area contributed by atoms with Gasteiger partial charge in [-0.2, -0.15) is 9.97 Å². The van der Waals surface area contributed by atoms with Gasteiger partial charge in [0.2, 0.25) is 5.95 Å². The molecule has 10 nitrogen and oxygen atoms in total. The Morgan fingerprint density at radius 1 is 1.10 bits per heavy atom. The number of nitrogens with two attached hydrogens (primary N) is 2. The number of hydrogen-bond acceptors (Lipinski definition) is 10. The van der Waals surface area contributed by atoms with Gasteiger partial charge in [-0.15, -0.1) is 6.58 Å². The van der Waals surface area contributed by atoms with Crippen LogP contribution < -0.4 is 11.5 Å². The lowest BCUT2D eigenvalue weighted by Crippen LogP contribution is -2.39. The van der Waals surface area contributed by atoms with Crippen LogP contribution in [-0.4, -0.2) is 46.1 Å². The van der Waals surface area contributed by atoms with E-state index in [-0.39, 0.29) is 35.8 Å². The maximum absolute atomic E-state index is 13.0. The molecule has 3 rings (SSSR count). The van der Waals surface area contributed by atoms with Crippen LogP contribution in [0.5, 0.6) is 0 Å². The number of ether oxygens (including phenoxy) is 2. The molecule has 0 aliphatic rings. The Bertz CT molecular complexity index is 1150. The summed E-state index contributed by atoms with van der Waals surface area (Å²) < 4.78 is 9.86. The number of anilines is 2. The number of esters is 2. The third-order valence-electron chi connectivity index (χ3n) is 4.91. The zero-order chi connectivity index (χ0) is 22.6. The van der Waals surface area contributed by atoms with Gasteiger partial charge in [0, 0.05) is 6.42 Å². The second-order valence-corrected chi connectivity index (χ2v) is 6.81. The van der Waals surface area contributed by atoms with Crippen molar-refractivity contribution in [3.63, 3.8) is 0 Å². The summed E-state index contributed by atoms with van der Waals surface area (Å²) >= 11 is 0. The normalized spacial score (nSPS) is 12.7. The van der Waals surface area contributed by atoms with E-state index in [9.17, 15) is 9.59 Å². The van der Waals surface area contributed by atoms with E-state index in [4.69, 9.17) is 20.9 Å². The fourth-order valence-electron chi connectivity index (χ4n) is 3.43. The molecular weight excluding hydrogens is 400 g/mol. The third-order valence-corrected chi connectivity index (χ3v) is 4.91. The number of hydrogen-bond donors (Lipinski definition) is 2. The van der Waals surface area contributed by atoms with E-state index in [1.165, 1.54) is 20.4 Å². The van der Waals surface area contributed by atoms with E-state index in [1.54, 1.807) is 30.3 Å². The molecule has 4 N–H and O–H groups in total. The highest BCUT2D eigenvalue weighted by Crippen LogP contribution is 2.34. The lowest BCUT2D eigenvalue weighted by Gasteiger charge is -2.30. The fraction of sp³-hybridized carbons (Fsp3) is 0.238. The van der Waals surface area contributed by atoms with Crippen molar-refractivity contribution in [1.29, 1.82) is 0 Å². The van der Waals surface area contributed by atoms with Gasteiger partial charge in [0.1, 0.15) is 5.41 Å². The molecule has 0 fully saturated rings. The van der Waals surface area contributed by atoms with Gasteiger partial charge in [-0.1, -0.05) is 18.2 Å². The molecule has 160 valence electrons. The third kappa shape index (κ3) is 4.13. The van der Waals surface area contributed by atoms with Crippen LogP contribution in [0.1, 0.15) is 28.0 Å². The lowest BCUT2D eigenvalue weighted by atomic mass is 9.73. The monoisotopic (exact) mass is 422 g/mol. The standard InChI is InChI=1S/C21H22N6O4/c1-4-9-21(19(29)31-3,13-7-5-12(6-8-13)18(28)30-2)10-14-11-24-17-15(25-14)16(22)26-20(23)27-17/h4-8,11H,1,9-10H2,2-3H3,(H4,22,23,24,26,27)/t21-/m0/s1. The van der Waals surface area contributed by atoms with Crippen LogP contribution in [0.25, 0.3) is 11.2 Å². The minimum atomic E-state index is -1.16. The predicted octanol–water partition coefficient (Wildman–Crippen LogP) is 1.60. The van der Waals surface area contributed by atoms with Crippen molar-refractivity contribution in [2.24, 2.45) is 0 Å². The Balaban J connectivity index is 2.11. The summed E-state index contributed by atoms with van der Waals surface area (Å²) in [5.41, 5.74) is 12.4. The number of rotatable bonds is 7. The Labute approximate surface area is 178 Å². The minimum absolute atomic E-state index is 0.00619. The van der Waals surface area contributed by atoms with E-state index in [1.807, 2.05) is 0 Å². The van der Waals surface area contributed by atoms with E-state index >= 15 is 0 Å². The number of aromatic nitrogens is 4. The van der Waals surface area contributed by atoms with E-state index < -0.39 is 17.4 Å². The number of carbonyl (C=O) groups excluding carboxylic acids is 2. The first-order chi connectivity index (χ1) is 14.8. The fourth-order valence-corrected chi connectivity index (χ4v) is 3.43. The first-order valence-electron chi connectivity index (χ1n) is 9.27. The smallest absolute Gasteiger partial charge is 0.337 e. The summed E-state index contributed by atoms with van der Waals surface area (Å²) in [6.45, 7) is 3.79. The van der Waals surface area contributed by atoms with Gasteiger partial charge in [-0.3, -0.25) is 4.79 Å². The van der Waals surface area contributed by atoms with Gasteiger partial charge in [0.15, 0.2) is 17.0 Å². The Hall–Kier alpha value is -4.08. The van der Waals surface area contributed by atoms with Crippen LogP contribution >= 0.6 is 0 Å². The number of benzene rings is 1. The molecule has 0 bridgehead atoms. The number of carbonyl (C=O) groups is 2. The quantitative estimate of drug-likeness (QED) is 0.423. The molecule has 0 saturated carbocycles. The van der Waals surface area contributed by atoms with Crippen molar-refractivity contribution in [3.8, 4) is 0 Å². The minimum Gasteiger partial charge on any atom is -0.468 e. The van der Waals surface area contributed by atoms with Gasteiger partial charge >= 0.3 is 11.9 Å². The Morgan fingerprint density at radius 3 is 2.42 bits per heavy atom. The van der Waals surface area contributed by atoms with Crippen molar-refractivity contribution in [1.82, 2.24) is 19.9 Å². The number of nitrogens with zero attached hydrogens (tertiary/aromatic N) is 4. The molecular formula is C21H22N6O4. The van der Waals surface area contributed by atoms with Gasteiger partial charge in [0.25, 0.3) is 0 Å². The van der Waals surface area contributed by atoms with E-state index in [2.05, 4.69) is 26.5 Å². The molecule has 0 aliphatic carbocycles. The van der Waals surface area contributed by atoms with Crippen molar-refractivity contribution in [2.45, 2.75) is 18.3 Å². The Morgan fingerprint density at radius 2 is 1.81 bits per heavy atom. The van der Waals surface area contributed by atoms with Gasteiger partial charge < -0.3 is 20.9 Å². The highest BCUT2D eigenvalue weighted by Gasteiger charge is 2.41. The molecule has 0 radical (unpaired) electrons. The molecule has 0 unspecified atom stereocenters. The lowest BCUT2D eigenvalue weighted by molar-refractivity contribution is -0.147. The van der Waals surface area contributed by atoms with Crippen molar-refractivity contribution < 1.29 is 19.1 Å². The van der Waals surface area contributed by atoms with Gasteiger partial charge in [-0.05, 0) is 24.1 Å². The van der Waals surface area contributed by atoms with Gasteiger partial charge in [0.05, 0.1) is 31.7 Å².